The monoisotopic (exact) mass is 425 g/mol. The maximum absolute atomic E-state index is 13.4. The summed E-state index contributed by atoms with van der Waals surface area (Å²) in [7, 11) is 0. The summed E-state index contributed by atoms with van der Waals surface area (Å²) < 4.78 is 43.1. The van der Waals surface area contributed by atoms with Crippen molar-refractivity contribution in [3.05, 3.63) is 84.1 Å². The van der Waals surface area contributed by atoms with Gasteiger partial charge in [0, 0.05) is 24.8 Å². The number of aromatic nitrogens is 4. The molecular weight excluding hydrogens is 407 g/mol. The third kappa shape index (κ3) is 3.35. The van der Waals surface area contributed by atoms with Crippen molar-refractivity contribution >= 4 is 16.8 Å². The van der Waals surface area contributed by atoms with Gasteiger partial charge in [-0.15, -0.1) is 10.2 Å². The molecule has 0 saturated heterocycles. The van der Waals surface area contributed by atoms with Crippen molar-refractivity contribution < 1.29 is 18.0 Å². The number of alkyl halides is 3. The average Bonchev–Trinajstić information content (AvgIpc) is 3.38. The molecule has 0 fully saturated rings. The summed E-state index contributed by atoms with van der Waals surface area (Å²) in [6, 6.07) is 17.9. The van der Waals surface area contributed by atoms with Gasteiger partial charge in [0.05, 0.1) is 0 Å². The fourth-order valence-electron chi connectivity index (χ4n) is 4.17. The first-order valence-electron chi connectivity index (χ1n) is 9.82. The van der Waals surface area contributed by atoms with Crippen LogP contribution < -0.4 is 0 Å². The highest BCUT2D eigenvalue weighted by Gasteiger charge is 2.43. The lowest BCUT2D eigenvalue weighted by Gasteiger charge is -2.36. The van der Waals surface area contributed by atoms with Crippen LogP contribution in [0.2, 0.25) is 0 Å². The molecule has 1 atom stereocenters. The van der Waals surface area contributed by atoms with Gasteiger partial charge in [0.2, 0.25) is 11.7 Å². The van der Waals surface area contributed by atoms with Crippen molar-refractivity contribution in [2.24, 2.45) is 0 Å². The molecule has 1 unspecified atom stereocenters. The van der Waals surface area contributed by atoms with Gasteiger partial charge in [-0.05, 0) is 23.1 Å². The molecule has 5 rings (SSSR count). The Morgan fingerprint density at radius 2 is 1.71 bits per heavy atom. The molecule has 0 saturated carbocycles. The molecule has 3 heterocycles. The summed E-state index contributed by atoms with van der Waals surface area (Å²) >= 11 is 0. The molecule has 0 aliphatic carbocycles. The van der Waals surface area contributed by atoms with E-state index in [1.165, 1.54) is 0 Å². The van der Waals surface area contributed by atoms with Gasteiger partial charge < -0.3 is 14.0 Å². The van der Waals surface area contributed by atoms with E-state index in [0.717, 1.165) is 15.5 Å². The second-order valence-electron chi connectivity index (χ2n) is 7.43. The third-order valence-corrected chi connectivity index (χ3v) is 5.58. The van der Waals surface area contributed by atoms with Crippen molar-refractivity contribution in [1.82, 2.24) is 24.2 Å². The van der Waals surface area contributed by atoms with Crippen LogP contribution in [-0.2, 0) is 24.1 Å². The number of benzene rings is 2. The van der Waals surface area contributed by atoms with Gasteiger partial charge in [-0.3, -0.25) is 4.79 Å². The minimum Gasteiger partial charge on any atom is -0.338 e. The van der Waals surface area contributed by atoms with E-state index >= 15 is 0 Å². The number of carbonyl (C=O) groups is 1. The zero-order valence-electron chi connectivity index (χ0n) is 16.3. The van der Waals surface area contributed by atoms with E-state index in [2.05, 4.69) is 10.2 Å². The average molecular weight is 425 g/mol. The minimum atomic E-state index is -4.61. The Morgan fingerprint density at radius 1 is 0.968 bits per heavy atom. The smallest absolute Gasteiger partial charge is 0.338 e. The van der Waals surface area contributed by atoms with E-state index in [-0.39, 0.29) is 31.4 Å². The fraction of sp³-hybridized carbons (Fsp3) is 0.227. The molecule has 31 heavy (non-hydrogen) atoms. The predicted octanol–water partition coefficient (Wildman–Crippen LogP) is 3.88. The number of rotatable bonds is 3. The van der Waals surface area contributed by atoms with E-state index < -0.39 is 18.0 Å². The van der Waals surface area contributed by atoms with Crippen LogP contribution in [0.15, 0.2) is 66.9 Å². The highest BCUT2D eigenvalue weighted by atomic mass is 19.4. The van der Waals surface area contributed by atoms with Crippen molar-refractivity contribution in [2.45, 2.75) is 25.3 Å². The Kier molecular flexibility index (Phi) is 4.53. The van der Waals surface area contributed by atoms with E-state index in [0.29, 0.717) is 5.56 Å². The molecule has 1 aliphatic heterocycles. The van der Waals surface area contributed by atoms with E-state index in [9.17, 15) is 18.0 Å². The quantitative estimate of drug-likeness (QED) is 0.501. The molecule has 1 amide bonds. The molecule has 0 bridgehead atoms. The number of fused-ring (bicyclic) bond motifs is 2. The Bertz CT molecular complexity index is 1250. The van der Waals surface area contributed by atoms with Gasteiger partial charge in [0.1, 0.15) is 12.6 Å². The number of carbonyl (C=O) groups excluding carboxylic acids is 1. The molecule has 6 nitrogen and oxygen atoms in total. The lowest BCUT2D eigenvalue weighted by atomic mass is 10.0. The van der Waals surface area contributed by atoms with Gasteiger partial charge in [-0.2, -0.15) is 13.2 Å². The molecule has 4 aromatic rings. The lowest BCUT2D eigenvalue weighted by Crippen LogP contribution is -2.44. The van der Waals surface area contributed by atoms with Crippen LogP contribution >= 0.6 is 0 Å². The number of para-hydroxylation sites is 1. The molecule has 9 heteroatoms. The normalized spacial score (nSPS) is 16.5. The van der Waals surface area contributed by atoms with Crippen LogP contribution in [0.3, 0.4) is 0 Å². The molecule has 2 aromatic carbocycles. The number of amides is 1. The van der Waals surface area contributed by atoms with Gasteiger partial charge in [-0.1, -0.05) is 48.5 Å². The van der Waals surface area contributed by atoms with Crippen molar-refractivity contribution in [3.8, 4) is 0 Å². The van der Waals surface area contributed by atoms with Crippen LogP contribution in [-0.4, -0.2) is 36.7 Å². The first-order valence-corrected chi connectivity index (χ1v) is 9.82. The second-order valence-corrected chi connectivity index (χ2v) is 7.43. The fourth-order valence-corrected chi connectivity index (χ4v) is 4.17. The number of halogens is 3. The zero-order chi connectivity index (χ0) is 21.6. The van der Waals surface area contributed by atoms with Crippen molar-refractivity contribution in [2.75, 3.05) is 6.54 Å². The zero-order valence-corrected chi connectivity index (χ0v) is 16.3. The van der Waals surface area contributed by atoms with Crippen molar-refractivity contribution in [3.63, 3.8) is 0 Å². The standard InChI is InChI=1S/C22H18F3N5O/c23-22(24,25)21-27-26-20-19(16-7-2-1-3-8-16)29(12-13-30(20)21)18(31)14-28-11-10-15-6-4-5-9-17(15)28/h1-11,19H,12-14H2. The van der Waals surface area contributed by atoms with Gasteiger partial charge in [0.25, 0.3) is 0 Å². The molecule has 2 aromatic heterocycles. The Labute approximate surface area is 175 Å². The maximum Gasteiger partial charge on any atom is 0.451 e. The summed E-state index contributed by atoms with van der Waals surface area (Å²) in [5, 5.41) is 8.27. The summed E-state index contributed by atoms with van der Waals surface area (Å²) in [6.45, 7) is 0.196. The van der Waals surface area contributed by atoms with Crippen molar-refractivity contribution in [1.29, 1.82) is 0 Å². The highest BCUT2D eigenvalue weighted by Crippen LogP contribution is 2.36. The minimum absolute atomic E-state index is 0.0152. The molecule has 0 spiro atoms. The molecule has 1 aliphatic rings. The van der Waals surface area contributed by atoms with E-state index in [1.54, 1.807) is 29.2 Å². The van der Waals surface area contributed by atoms with Crippen LogP contribution in [0.1, 0.15) is 23.3 Å². The third-order valence-electron chi connectivity index (χ3n) is 5.58. The van der Waals surface area contributed by atoms with Gasteiger partial charge in [0.15, 0.2) is 5.82 Å². The Balaban J connectivity index is 1.53. The molecule has 158 valence electrons. The number of nitrogens with zero attached hydrogens (tertiary/aromatic N) is 5. The Morgan fingerprint density at radius 3 is 2.48 bits per heavy atom. The van der Waals surface area contributed by atoms with Crippen LogP contribution in [0.25, 0.3) is 10.9 Å². The Hall–Kier alpha value is -3.62. The summed E-state index contributed by atoms with van der Waals surface area (Å²) in [5.41, 5.74) is 1.61. The molecular formula is C22H18F3N5O. The topological polar surface area (TPSA) is 56.0 Å². The first-order chi connectivity index (χ1) is 14.9. The SMILES string of the molecule is O=C(Cn1ccc2ccccc21)N1CCn2c(nnc2C(F)(F)F)C1c1ccccc1. The predicted molar refractivity (Wildman–Crippen MR) is 107 cm³/mol. The maximum atomic E-state index is 13.4. The second kappa shape index (κ2) is 7.26. The van der Waals surface area contributed by atoms with Crippen LogP contribution in [0, 0.1) is 0 Å². The van der Waals surface area contributed by atoms with Gasteiger partial charge >= 0.3 is 6.18 Å². The van der Waals surface area contributed by atoms with Gasteiger partial charge in [-0.25, -0.2) is 0 Å². The number of hydrogen-bond donors (Lipinski definition) is 0. The number of hydrogen-bond acceptors (Lipinski definition) is 3. The first kappa shape index (κ1) is 19.3. The van der Waals surface area contributed by atoms with Crippen LogP contribution in [0.4, 0.5) is 13.2 Å². The lowest BCUT2D eigenvalue weighted by molar-refractivity contribution is -0.148. The summed E-state index contributed by atoms with van der Waals surface area (Å²) in [6.07, 6.45) is -2.77. The summed E-state index contributed by atoms with van der Waals surface area (Å²) in [5.74, 6) is -1.11. The van der Waals surface area contributed by atoms with E-state index in [1.807, 2.05) is 47.2 Å². The summed E-state index contributed by atoms with van der Waals surface area (Å²) in [4.78, 5) is 14.9. The molecule has 0 N–H and O–H groups in total. The van der Waals surface area contributed by atoms with E-state index in [4.69, 9.17) is 0 Å². The largest absolute Gasteiger partial charge is 0.451 e. The highest BCUT2D eigenvalue weighted by molar-refractivity contribution is 5.83. The molecule has 0 radical (unpaired) electrons. The van der Waals surface area contributed by atoms with Crippen LogP contribution in [0.5, 0.6) is 0 Å².